The Labute approximate surface area is 143 Å². The van der Waals surface area contributed by atoms with Gasteiger partial charge in [-0.25, -0.2) is 0 Å². The maximum atomic E-state index is 12.7. The molecular weight excluding hydrogens is 300 g/mol. The first-order valence-corrected chi connectivity index (χ1v) is 8.47. The zero-order valence-electron chi connectivity index (χ0n) is 14.3. The summed E-state index contributed by atoms with van der Waals surface area (Å²) in [5.41, 5.74) is 1.80. The van der Waals surface area contributed by atoms with E-state index in [9.17, 15) is 4.79 Å². The van der Waals surface area contributed by atoms with Crippen LogP contribution in [-0.2, 0) is 14.9 Å². The van der Waals surface area contributed by atoms with Gasteiger partial charge in [-0.3, -0.25) is 4.79 Å². The van der Waals surface area contributed by atoms with Crippen LogP contribution in [-0.4, -0.2) is 20.2 Å². The highest BCUT2D eigenvalue weighted by Gasteiger charge is 2.44. The van der Waals surface area contributed by atoms with Crippen molar-refractivity contribution in [2.75, 3.05) is 14.2 Å². The fraction of sp³-hybridized carbons (Fsp3) is 0.381. The van der Waals surface area contributed by atoms with Gasteiger partial charge in [0.25, 0.3) is 0 Å². The summed E-state index contributed by atoms with van der Waals surface area (Å²) in [6.45, 7) is 0. The number of rotatable bonds is 4. The van der Waals surface area contributed by atoms with Crippen LogP contribution >= 0.6 is 0 Å². The van der Waals surface area contributed by atoms with Crippen LogP contribution in [0.5, 0.6) is 5.75 Å². The van der Waals surface area contributed by atoms with Crippen molar-refractivity contribution in [1.29, 1.82) is 0 Å². The van der Waals surface area contributed by atoms with Crippen LogP contribution in [0.1, 0.15) is 42.7 Å². The van der Waals surface area contributed by atoms with Gasteiger partial charge in [0, 0.05) is 0 Å². The number of benzene rings is 2. The van der Waals surface area contributed by atoms with Crippen molar-refractivity contribution < 1.29 is 14.3 Å². The summed E-state index contributed by atoms with van der Waals surface area (Å²) in [4.78, 5) is 12.7. The number of esters is 1. The van der Waals surface area contributed by atoms with E-state index in [-0.39, 0.29) is 5.97 Å². The highest BCUT2D eigenvalue weighted by atomic mass is 16.5. The van der Waals surface area contributed by atoms with Crippen molar-refractivity contribution in [2.45, 2.75) is 37.0 Å². The molecule has 0 radical (unpaired) electrons. The summed E-state index contributed by atoms with van der Waals surface area (Å²) in [6, 6.07) is 18.4. The van der Waals surface area contributed by atoms with Crippen LogP contribution in [0, 0.1) is 0 Å². The molecule has 0 atom stereocenters. The summed E-state index contributed by atoms with van der Waals surface area (Å²) < 4.78 is 10.5. The second-order valence-electron chi connectivity index (χ2n) is 6.49. The van der Waals surface area contributed by atoms with Crippen molar-refractivity contribution in [1.82, 2.24) is 0 Å². The number of hydrogen-bond acceptors (Lipinski definition) is 3. The van der Waals surface area contributed by atoms with Gasteiger partial charge in [0.2, 0.25) is 0 Å². The zero-order valence-corrected chi connectivity index (χ0v) is 14.3. The molecule has 3 heteroatoms. The summed E-state index contributed by atoms with van der Waals surface area (Å²) in [7, 11) is 3.13. The Bertz CT molecular complexity index is 685. The van der Waals surface area contributed by atoms with Crippen LogP contribution in [0.25, 0.3) is 0 Å². The maximum absolute atomic E-state index is 12.7. The molecule has 126 valence electrons. The molecule has 0 unspecified atom stereocenters. The van der Waals surface area contributed by atoms with Gasteiger partial charge in [-0.15, -0.1) is 0 Å². The molecule has 0 aromatic heterocycles. The zero-order chi connectivity index (χ0) is 17.0. The van der Waals surface area contributed by atoms with Crippen molar-refractivity contribution in [3.63, 3.8) is 0 Å². The van der Waals surface area contributed by atoms with E-state index in [0.29, 0.717) is 5.92 Å². The predicted molar refractivity (Wildman–Crippen MR) is 94.3 cm³/mol. The molecule has 0 saturated heterocycles. The number of methoxy groups -OCH3 is 2. The number of carbonyl (C=O) groups is 1. The minimum atomic E-state index is -0.561. The molecular formula is C21H24O3. The lowest BCUT2D eigenvalue weighted by Gasteiger charge is -2.38. The lowest BCUT2D eigenvalue weighted by molar-refractivity contribution is -0.149. The second-order valence-corrected chi connectivity index (χ2v) is 6.49. The molecule has 0 bridgehead atoms. The largest absolute Gasteiger partial charge is 0.497 e. The lowest BCUT2D eigenvalue weighted by Crippen LogP contribution is -2.40. The van der Waals surface area contributed by atoms with Gasteiger partial charge < -0.3 is 9.47 Å². The molecule has 3 rings (SSSR count). The predicted octanol–water partition coefficient (Wildman–Crippen LogP) is 4.46. The molecule has 1 saturated carbocycles. The highest BCUT2D eigenvalue weighted by Crippen LogP contribution is 2.46. The smallest absolute Gasteiger partial charge is 0.316 e. The van der Waals surface area contributed by atoms with E-state index in [1.807, 2.05) is 30.3 Å². The molecule has 1 aliphatic carbocycles. The summed E-state index contributed by atoms with van der Waals surface area (Å²) in [5.74, 6) is 1.15. The normalized spacial score (nSPS) is 23.5. The topological polar surface area (TPSA) is 35.5 Å². The Morgan fingerprint density at radius 1 is 1.00 bits per heavy atom. The van der Waals surface area contributed by atoms with Crippen molar-refractivity contribution in [3.05, 3.63) is 65.7 Å². The Morgan fingerprint density at radius 2 is 1.71 bits per heavy atom. The minimum absolute atomic E-state index is 0.137. The third kappa shape index (κ3) is 3.03. The van der Waals surface area contributed by atoms with Gasteiger partial charge in [0.1, 0.15) is 5.75 Å². The SMILES string of the molecule is COC(=O)C1(c2cccc(OC)c2)CCC(c2ccccc2)CC1. The van der Waals surface area contributed by atoms with Crippen LogP contribution in [0.3, 0.4) is 0 Å². The van der Waals surface area contributed by atoms with E-state index in [1.54, 1.807) is 7.11 Å². The van der Waals surface area contributed by atoms with Gasteiger partial charge in [0.05, 0.1) is 19.6 Å². The molecule has 0 aliphatic heterocycles. The van der Waals surface area contributed by atoms with Crippen LogP contribution in [0.15, 0.2) is 54.6 Å². The van der Waals surface area contributed by atoms with Crippen LogP contribution in [0.2, 0.25) is 0 Å². The second kappa shape index (κ2) is 7.08. The number of ether oxygens (including phenoxy) is 2. The van der Waals surface area contributed by atoms with E-state index < -0.39 is 5.41 Å². The van der Waals surface area contributed by atoms with Crippen molar-refractivity contribution in [2.24, 2.45) is 0 Å². The monoisotopic (exact) mass is 324 g/mol. The molecule has 1 aliphatic rings. The van der Waals surface area contributed by atoms with Gasteiger partial charge >= 0.3 is 5.97 Å². The first-order chi connectivity index (χ1) is 11.7. The minimum Gasteiger partial charge on any atom is -0.497 e. The Hall–Kier alpha value is -2.29. The first kappa shape index (κ1) is 16.6. The van der Waals surface area contributed by atoms with Crippen molar-refractivity contribution >= 4 is 5.97 Å². The van der Waals surface area contributed by atoms with Gasteiger partial charge in [0.15, 0.2) is 0 Å². The third-order valence-corrected chi connectivity index (χ3v) is 5.31. The van der Waals surface area contributed by atoms with Gasteiger partial charge in [-0.2, -0.15) is 0 Å². The van der Waals surface area contributed by atoms with E-state index in [2.05, 4.69) is 24.3 Å². The standard InChI is InChI=1S/C21H24O3/c1-23-19-10-6-9-18(15-19)21(20(22)24-2)13-11-17(12-14-21)16-7-4-3-5-8-16/h3-10,15,17H,11-14H2,1-2H3. The summed E-state index contributed by atoms with van der Waals surface area (Å²) in [6.07, 6.45) is 3.56. The first-order valence-electron chi connectivity index (χ1n) is 8.47. The summed E-state index contributed by atoms with van der Waals surface area (Å²) >= 11 is 0. The molecule has 0 spiro atoms. The van der Waals surface area contributed by atoms with E-state index in [4.69, 9.17) is 9.47 Å². The highest BCUT2D eigenvalue weighted by molar-refractivity contribution is 5.83. The Kier molecular flexibility index (Phi) is 4.89. The van der Waals surface area contributed by atoms with Crippen LogP contribution in [0.4, 0.5) is 0 Å². The Balaban J connectivity index is 1.88. The average Bonchev–Trinajstić information content (AvgIpc) is 2.68. The fourth-order valence-electron chi connectivity index (χ4n) is 3.90. The molecule has 0 amide bonds. The van der Waals surface area contributed by atoms with E-state index in [0.717, 1.165) is 37.0 Å². The van der Waals surface area contributed by atoms with E-state index >= 15 is 0 Å². The lowest BCUT2D eigenvalue weighted by atomic mass is 9.65. The molecule has 0 heterocycles. The molecule has 24 heavy (non-hydrogen) atoms. The van der Waals surface area contributed by atoms with Gasteiger partial charge in [-0.05, 0) is 54.9 Å². The van der Waals surface area contributed by atoms with Crippen molar-refractivity contribution in [3.8, 4) is 5.75 Å². The third-order valence-electron chi connectivity index (χ3n) is 5.31. The molecule has 2 aromatic carbocycles. The molecule has 0 N–H and O–H groups in total. The molecule has 3 nitrogen and oxygen atoms in total. The molecule has 2 aromatic rings. The Morgan fingerprint density at radius 3 is 2.33 bits per heavy atom. The average molecular weight is 324 g/mol. The quantitative estimate of drug-likeness (QED) is 0.779. The van der Waals surface area contributed by atoms with Gasteiger partial charge in [-0.1, -0.05) is 42.5 Å². The fourth-order valence-corrected chi connectivity index (χ4v) is 3.90. The van der Waals surface area contributed by atoms with E-state index in [1.165, 1.54) is 12.7 Å². The maximum Gasteiger partial charge on any atom is 0.316 e. The summed E-state index contributed by atoms with van der Waals surface area (Å²) in [5, 5.41) is 0. The molecule has 1 fully saturated rings. The van der Waals surface area contributed by atoms with Crippen LogP contribution < -0.4 is 4.74 Å². The number of hydrogen-bond donors (Lipinski definition) is 0. The number of carbonyl (C=O) groups excluding carboxylic acids is 1.